The second kappa shape index (κ2) is 10.8. The van der Waals surface area contributed by atoms with E-state index in [0.717, 1.165) is 38.1 Å². The van der Waals surface area contributed by atoms with Crippen molar-refractivity contribution < 1.29 is 13.9 Å². The van der Waals surface area contributed by atoms with Gasteiger partial charge in [-0.15, -0.1) is 5.10 Å². The zero-order valence-electron chi connectivity index (χ0n) is 22.9. The highest BCUT2D eigenvalue weighted by Crippen LogP contribution is 2.32. The van der Waals surface area contributed by atoms with Gasteiger partial charge in [-0.05, 0) is 50.8 Å². The maximum Gasteiger partial charge on any atom is 0.254 e. The van der Waals surface area contributed by atoms with Crippen LogP contribution in [0.3, 0.4) is 0 Å². The van der Waals surface area contributed by atoms with E-state index in [1.54, 1.807) is 31.1 Å². The van der Waals surface area contributed by atoms with Crippen molar-refractivity contribution in [1.29, 1.82) is 0 Å². The number of pyridine rings is 1. The number of benzene rings is 1. The number of carbonyl (C=O) groups excluding carboxylic acids is 1. The van der Waals surface area contributed by atoms with E-state index in [1.165, 1.54) is 12.1 Å². The lowest BCUT2D eigenvalue weighted by Gasteiger charge is -2.19. The van der Waals surface area contributed by atoms with Crippen molar-refractivity contribution in [3.8, 4) is 22.8 Å². The summed E-state index contributed by atoms with van der Waals surface area (Å²) in [6, 6.07) is 4.84. The molecule has 39 heavy (non-hydrogen) atoms. The van der Waals surface area contributed by atoms with Crippen LogP contribution in [0.5, 0.6) is 5.75 Å². The molecule has 0 spiro atoms. The van der Waals surface area contributed by atoms with Gasteiger partial charge >= 0.3 is 0 Å². The van der Waals surface area contributed by atoms with Crippen LogP contribution in [0, 0.1) is 12.7 Å². The third-order valence-electron chi connectivity index (χ3n) is 6.89. The van der Waals surface area contributed by atoms with Gasteiger partial charge in [0.05, 0.1) is 36.4 Å². The van der Waals surface area contributed by atoms with E-state index in [2.05, 4.69) is 39.4 Å². The number of amidine groups is 1. The lowest BCUT2D eigenvalue weighted by Crippen LogP contribution is -2.26. The van der Waals surface area contributed by atoms with Crippen LogP contribution in [0.4, 0.5) is 10.1 Å². The van der Waals surface area contributed by atoms with Crippen molar-refractivity contribution in [1.82, 2.24) is 34.6 Å². The Bertz CT molecular complexity index is 1550. The normalized spacial score (nSPS) is 13.6. The highest BCUT2D eigenvalue weighted by Gasteiger charge is 2.26. The molecule has 0 bridgehead atoms. The second-order valence-electron chi connectivity index (χ2n) is 9.81. The summed E-state index contributed by atoms with van der Waals surface area (Å²) in [4.78, 5) is 24.2. The summed E-state index contributed by atoms with van der Waals surface area (Å²) in [5, 5.41) is 11.5. The van der Waals surface area contributed by atoms with Gasteiger partial charge in [-0.25, -0.2) is 19.0 Å². The number of amides is 1. The van der Waals surface area contributed by atoms with Gasteiger partial charge in [0.1, 0.15) is 34.4 Å². The standard InChI is InChI=1S/C28H33FN8O2/c1-6-8-26(35(4)7-2)32-22-15-36-24(14-30-27(36)13-25(22)39-5)21-16-37(34-33-21)23-12-19(20(29)11-17(23)3)28(38)31-18-9-10-18/h11-16,18H,6-10H2,1-5H3,(H,31,38). The molecular weight excluding hydrogens is 499 g/mol. The number of imidazole rings is 1. The number of aromatic nitrogens is 5. The van der Waals surface area contributed by atoms with Crippen LogP contribution in [0.15, 0.2) is 41.8 Å². The van der Waals surface area contributed by atoms with Crippen molar-refractivity contribution in [3.63, 3.8) is 0 Å². The zero-order valence-corrected chi connectivity index (χ0v) is 22.9. The van der Waals surface area contributed by atoms with Crippen LogP contribution in [0.1, 0.15) is 55.5 Å². The van der Waals surface area contributed by atoms with E-state index in [0.29, 0.717) is 39.7 Å². The van der Waals surface area contributed by atoms with E-state index in [4.69, 9.17) is 9.73 Å². The number of methoxy groups -OCH3 is 1. The molecule has 4 aromatic rings. The van der Waals surface area contributed by atoms with E-state index in [-0.39, 0.29) is 11.6 Å². The Kier molecular flexibility index (Phi) is 7.32. The first-order chi connectivity index (χ1) is 18.8. The van der Waals surface area contributed by atoms with Crippen LogP contribution in [0.2, 0.25) is 0 Å². The molecule has 0 atom stereocenters. The smallest absolute Gasteiger partial charge is 0.254 e. The summed E-state index contributed by atoms with van der Waals surface area (Å²) in [5.74, 6) is 0.616. The molecule has 0 unspecified atom stereocenters. The highest BCUT2D eigenvalue weighted by molar-refractivity contribution is 5.95. The summed E-state index contributed by atoms with van der Waals surface area (Å²) >= 11 is 0. The van der Waals surface area contributed by atoms with Gasteiger partial charge in [-0.3, -0.25) is 9.20 Å². The van der Waals surface area contributed by atoms with Crippen LogP contribution >= 0.6 is 0 Å². The number of hydrogen-bond donors (Lipinski definition) is 1. The Morgan fingerprint density at radius 1 is 1.26 bits per heavy atom. The van der Waals surface area contributed by atoms with Crippen molar-refractivity contribution >= 4 is 23.1 Å². The number of nitrogens with one attached hydrogen (secondary N) is 1. The molecule has 0 radical (unpaired) electrons. The van der Waals surface area contributed by atoms with Crippen LogP contribution < -0.4 is 10.1 Å². The average Bonchev–Trinajstić information content (AvgIpc) is 3.44. The van der Waals surface area contributed by atoms with Crippen molar-refractivity contribution in [2.24, 2.45) is 4.99 Å². The number of nitrogens with zero attached hydrogens (tertiary/aromatic N) is 7. The molecule has 1 N–H and O–H groups in total. The zero-order chi connectivity index (χ0) is 27.7. The van der Waals surface area contributed by atoms with E-state index >= 15 is 0 Å². The number of aliphatic imine (C=N–C) groups is 1. The molecule has 1 amide bonds. The number of fused-ring (bicyclic) bond motifs is 1. The number of aryl methyl sites for hydroxylation is 1. The Hall–Kier alpha value is -4.28. The average molecular weight is 533 g/mol. The maximum absolute atomic E-state index is 14.6. The van der Waals surface area contributed by atoms with Gasteiger partial charge < -0.3 is 15.0 Å². The minimum absolute atomic E-state index is 0.0103. The van der Waals surface area contributed by atoms with Crippen LogP contribution in [0.25, 0.3) is 22.7 Å². The number of halogens is 1. The lowest BCUT2D eigenvalue weighted by molar-refractivity contribution is 0.0947. The predicted octanol–water partition coefficient (Wildman–Crippen LogP) is 4.71. The first-order valence-corrected chi connectivity index (χ1v) is 13.2. The molecule has 0 aliphatic heterocycles. The summed E-state index contributed by atoms with van der Waals surface area (Å²) in [7, 11) is 3.65. The predicted molar refractivity (Wildman–Crippen MR) is 148 cm³/mol. The summed E-state index contributed by atoms with van der Waals surface area (Å²) < 4.78 is 23.7. The molecule has 10 nitrogen and oxygen atoms in total. The van der Waals surface area contributed by atoms with E-state index < -0.39 is 11.7 Å². The number of hydrogen-bond acceptors (Lipinski definition) is 6. The summed E-state index contributed by atoms with van der Waals surface area (Å²) in [5.41, 5.74) is 3.83. The fraction of sp³-hybridized carbons (Fsp3) is 0.393. The molecule has 1 aliphatic carbocycles. The third kappa shape index (κ3) is 5.34. The topological polar surface area (TPSA) is 102 Å². The molecule has 1 aromatic carbocycles. The molecule has 11 heteroatoms. The Balaban J connectivity index is 1.53. The SMILES string of the molecule is CCCC(=Nc1cn2c(-c3cn(-c4cc(C(=O)NC5CC5)c(F)cc4C)nn3)cnc2cc1OC)N(C)CC. The highest BCUT2D eigenvalue weighted by atomic mass is 19.1. The molecule has 3 aromatic heterocycles. The van der Waals surface area contributed by atoms with Gasteiger partial charge in [0.2, 0.25) is 0 Å². The summed E-state index contributed by atoms with van der Waals surface area (Å²) in [6.07, 6.45) is 9.00. The fourth-order valence-corrected chi connectivity index (χ4v) is 4.38. The number of rotatable bonds is 9. The first kappa shape index (κ1) is 26.3. The van der Waals surface area contributed by atoms with Gasteiger partial charge in [-0.2, -0.15) is 0 Å². The Morgan fingerprint density at radius 3 is 2.74 bits per heavy atom. The fourth-order valence-electron chi connectivity index (χ4n) is 4.38. The minimum atomic E-state index is -0.560. The van der Waals surface area contributed by atoms with Gasteiger partial charge in [0.15, 0.2) is 0 Å². The van der Waals surface area contributed by atoms with Gasteiger partial charge in [-0.1, -0.05) is 12.1 Å². The van der Waals surface area contributed by atoms with Gasteiger partial charge in [0.25, 0.3) is 5.91 Å². The lowest BCUT2D eigenvalue weighted by atomic mass is 10.1. The molecule has 5 rings (SSSR count). The second-order valence-corrected chi connectivity index (χ2v) is 9.81. The quantitative estimate of drug-likeness (QED) is 0.247. The monoisotopic (exact) mass is 532 g/mol. The van der Waals surface area contributed by atoms with Crippen molar-refractivity contribution in [2.75, 3.05) is 20.7 Å². The third-order valence-corrected chi connectivity index (χ3v) is 6.89. The van der Waals surface area contributed by atoms with Gasteiger partial charge in [0, 0.05) is 38.3 Å². The largest absolute Gasteiger partial charge is 0.494 e. The van der Waals surface area contributed by atoms with Crippen molar-refractivity contribution in [3.05, 3.63) is 53.7 Å². The minimum Gasteiger partial charge on any atom is -0.494 e. The molecule has 3 heterocycles. The van der Waals surface area contributed by atoms with Crippen molar-refractivity contribution in [2.45, 2.75) is 52.5 Å². The molecule has 0 saturated heterocycles. The van der Waals surface area contributed by atoms with Crippen LogP contribution in [-0.4, -0.2) is 67.8 Å². The summed E-state index contributed by atoms with van der Waals surface area (Å²) in [6.45, 7) is 6.83. The molecular formula is C28H33FN8O2. The maximum atomic E-state index is 14.6. The first-order valence-electron chi connectivity index (χ1n) is 13.2. The number of carbonyl (C=O) groups is 1. The Labute approximate surface area is 226 Å². The molecule has 1 saturated carbocycles. The van der Waals surface area contributed by atoms with E-state index in [1.807, 2.05) is 23.7 Å². The molecule has 1 fully saturated rings. The number of ether oxygens (including phenoxy) is 1. The molecule has 204 valence electrons. The van der Waals surface area contributed by atoms with E-state index in [9.17, 15) is 9.18 Å². The molecule has 1 aliphatic rings. The van der Waals surface area contributed by atoms with Crippen LogP contribution in [-0.2, 0) is 0 Å². The Morgan fingerprint density at radius 2 is 2.05 bits per heavy atom.